The standard InChI is InChI=1S/C14H11F2N3/c1-19(9-11-4-2-3-7-18-11)12-6-5-10(8-17)13(15)14(12)16/h2-7H,9H2,1H3. The quantitative estimate of drug-likeness (QED) is 0.850. The molecule has 19 heavy (non-hydrogen) atoms. The fraction of sp³-hybridized carbons (Fsp3) is 0.143. The fourth-order valence-electron chi connectivity index (χ4n) is 1.74. The molecule has 0 radical (unpaired) electrons. The van der Waals surface area contributed by atoms with Crippen molar-refractivity contribution in [3.63, 3.8) is 0 Å². The molecule has 0 aliphatic heterocycles. The highest BCUT2D eigenvalue weighted by atomic mass is 19.2. The fourth-order valence-corrected chi connectivity index (χ4v) is 1.74. The van der Waals surface area contributed by atoms with Gasteiger partial charge in [-0.1, -0.05) is 6.07 Å². The molecule has 96 valence electrons. The third-order valence-electron chi connectivity index (χ3n) is 2.72. The summed E-state index contributed by atoms with van der Waals surface area (Å²) in [5, 5.41) is 8.63. The monoisotopic (exact) mass is 259 g/mol. The minimum absolute atomic E-state index is 0.0992. The molecule has 0 saturated carbocycles. The number of nitrogens with zero attached hydrogens (tertiary/aromatic N) is 3. The van der Waals surface area contributed by atoms with Gasteiger partial charge in [-0.05, 0) is 24.3 Å². The van der Waals surface area contributed by atoms with E-state index in [0.29, 0.717) is 6.54 Å². The summed E-state index contributed by atoms with van der Waals surface area (Å²) in [5.41, 5.74) is 0.545. The highest BCUT2D eigenvalue weighted by molar-refractivity contribution is 5.51. The Bertz CT molecular complexity index is 621. The van der Waals surface area contributed by atoms with Gasteiger partial charge in [0.15, 0.2) is 11.6 Å². The van der Waals surface area contributed by atoms with E-state index >= 15 is 0 Å². The molecule has 5 heteroatoms. The lowest BCUT2D eigenvalue weighted by atomic mass is 10.2. The van der Waals surface area contributed by atoms with Crippen LogP contribution in [0.2, 0.25) is 0 Å². The van der Waals surface area contributed by atoms with Gasteiger partial charge in [-0.25, -0.2) is 8.78 Å². The third kappa shape index (κ3) is 2.68. The van der Waals surface area contributed by atoms with Crippen LogP contribution < -0.4 is 4.90 Å². The summed E-state index contributed by atoms with van der Waals surface area (Å²) in [6.07, 6.45) is 1.64. The largest absolute Gasteiger partial charge is 0.366 e. The zero-order valence-corrected chi connectivity index (χ0v) is 10.3. The number of halogens is 2. The summed E-state index contributed by atoms with van der Waals surface area (Å²) in [7, 11) is 1.64. The van der Waals surface area contributed by atoms with Gasteiger partial charge in [-0.3, -0.25) is 4.98 Å². The first-order valence-electron chi connectivity index (χ1n) is 5.62. The molecule has 0 spiro atoms. The zero-order valence-electron chi connectivity index (χ0n) is 10.3. The number of rotatable bonds is 3. The first-order valence-corrected chi connectivity index (χ1v) is 5.62. The number of aromatic nitrogens is 1. The Morgan fingerprint density at radius 3 is 2.63 bits per heavy atom. The molecule has 0 bridgehead atoms. The Labute approximate surface area is 109 Å². The summed E-state index contributed by atoms with van der Waals surface area (Å²) in [5.74, 6) is -2.13. The van der Waals surface area contributed by atoms with E-state index in [1.807, 2.05) is 6.07 Å². The average Bonchev–Trinajstić information content (AvgIpc) is 2.42. The van der Waals surface area contributed by atoms with Crippen LogP contribution in [0.3, 0.4) is 0 Å². The molecular weight excluding hydrogens is 248 g/mol. The minimum atomic E-state index is -1.12. The van der Waals surface area contributed by atoms with E-state index in [9.17, 15) is 8.78 Å². The van der Waals surface area contributed by atoms with E-state index < -0.39 is 11.6 Å². The second kappa shape index (κ2) is 5.44. The zero-order chi connectivity index (χ0) is 13.8. The van der Waals surface area contributed by atoms with E-state index in [0.717, 1.165) is 5.69 Å². The Hall–Kier alpha value is -2.48. The van der Waals surface area contributed by atoms with Gasteiger partial charge in [0.2, 0.25) is 0 Å². The van der Waals surface area contributed by atoms with Crippen molar-refractivity contribution >= 4 is 5.69 Å². The number of benzene rings is 1. The molecule has 3 nitrogen and oxygen atoms in total. The first kappa shape index (κ1) is 13.0. The van der Waals surface area contributed by atoms with Crippen molar-refractivity contribution in [1.29, 1.82) is 5.26 Å². The van der Waals surface area contributed by atoms with Crippen molar-refractivity contribution in [2.45, 2.75) is 6.54 Å². The lowest BCUT2D eigenvalue weighted by Crippen LogP contribution is -2.19. The van der Waals surface area contributed by atoms with Gasteiger partial charge in [-0.15, -0.1) is 0 Å². The van der Waals surface area contributed by atoms with E-state index in [4.69, 9.17) is 5.26 Å². The molecule has 2 aromatic rings. The van der Waals surface area contributed by atoms with E-state index in [2.05, 4.69) is 4.98 Å². The van der Waals surface area contributed by atoms with Crippen LogP contribution in [0.15, 0.2) is 36.5 Å². The van der Waals surface area contributed by atoms with Gasteiger partial charge in [0, 0.05) is 13.2 Å². The third-order valence-corrected chi connectivity index (χ3v) is 2.72. The highest BCUT2D eigenvalue weighted by Crippen LogP contribution is 2.24. The Kier molecular flexibility index (Phi) is 3.71. The molecule has 0 saturated heterocycles. The summed E-state index contributed by atoms with van der Waals surface area (Å²) in [6.45, 7) is 0.350. The maximum atomic E-state index is 13.8. The maximum Gasteiger partial charge on any atom is 0.183 e. The van der Waals surface area contributed by atoms with E-state index in [1.54, 1.807) is 36.3 Å². The second-order valence-corrected chi connectivity index (χ2v) is 4.05. The number of hydrogen-bond acceptors (Lipinski definition) is 3. The first-order chi connectivity index (χ1) is 9.13. The summed E-state index contributed by atoms with van der Waals surface area (Å²) in [6, 6.07) is 9.67. The molecule has 0 aliphatic rings. The lowest BCUT2D eigenvalue weighted by Gasteiger charge is -2.19. The molecule has 0 atom stereocenters. The van der Waals surface area contributed by atoms with Crippen LogP contribution in [-0.2, 0) is 6.54 Å². The SMILES string of the molecule is CN(Cc1ccccn1)c1ccc(C#N)c(F)c1F. The summed E-state index contributed by atoms with van der Waals surface area (Å²) < 4.78 is 27.3. The van der Waals surface area contributed by atoms with E-state index in [1.165, 1.54) is 12.1 Å². The Morgan fingerprint density at radius 1 is 1.21 bits per heavy atom. The molecule has 0 aliphatic carbocycles. The van der Waals surface area contributed by atoms with Gasteiger partial charge in [0.1, 0.15) is 6.07 Å². The predicted octanol–water partition coefficient (Wildman–Crippen LogP) is 2.87. The molecule has 0 fully saturated rings. The molecule has 1 heterocycles. The van der Waals surface area contributed by atoms with Crippen LogP contribution in [0, 0.1) is 23.0 Å². The van der Waals surface area contributed by atoms with Crippen molar-refractivity contribution in [2.24, 2.45) is 0 Å². The number of anilines is 1. The van der Waals surface area contributed by atoms with Crippen LogP contribution in [0.25, 0.3) is 0 Å². The molecule has 1 aromatic carbocycles. The predicted molar refractivity (Wildman–Crippen MR) is 67.4 cm³/mol. The van der Waals surface area contributed by atoms with Gasteiger partial charge in [0.05, 0.1) is 23.5 Å². The van der Waals surface area contributed by atoms with Crippen molar-refractivity contribution in [1.82, 2.24) is 4.98 Å². The van der Waals surface area contributed by atoms with Gasteiger partial charge >= 0.3 is 0 Å². The number of nitriles is 1. The number of hydrogen-bond donors (Lipinski definition) is 0. The van der Waals surface area contributed by atoms with Gasteiger partial charge in [-0.2, -0.15) is 5.26 Å². The topological polar surface area (TPSA) is 39.9 Å². The summed E-state index contributed by atoms with van der Waals surface area (Å²) in [4.78, 5) is 5.66. The average molecular weight is 259 g/mol. The van der Waals surface area contributed by atoms with E-state index in [-0.39, 0.29) is 11.3 Å². The van der Waals surface area contributed by atoms with Crippen molar-refractivity contribution < 1.29 is 8.78 Å². The summed E-state index contributed by atoms with van der Waals surface area (Å²) >= 11 is 0. The van der Waals surface area contributed by atoms with Crippen LogP contribution in [0.5, 0.6) is 0 Å². The molecule has 0 amide bonds. The minimum Gasteiger partial charge on any atom is -0.366 e. The Balaban J connectivity index is 2.28. The maximum absolute atomic E-state index is 13.8. The molecule has 2 rings (SSSR count). The molecule has 0 unspecified atom stereocenters. The highest BCUT2D eigenvalue weighted by Gasteiger charge is 2.16. The van der Waals surface area contributed by atoms with Crippen LogP contribution >= 0.6 is 0 Å². The van der Waals surface area contributed by atoms with Crippen molar-refractivity contribution in [2.75, 3.05) is 11.9 Å². The molecule has 1 aromatic heterocycles. The second-order valence-electron chi connectivity index (χ2n) is 4.05. The van der Waals surface area contributed by atoms with Gasteiger partial charge in [0.25, 0.3) is 0 Å². The van der Waals surface area contributed by atoms with Crippen LogP contribution in [0.4, 0.5) is 14.5 Å². The normalized spacial score (nSPS) is 10.0. The van der Waals surface area contributed by atoms with Gasteiger partial charge < -0.3 is 4.90 Å². The number of pyridine rings is 1. The molecule has 0 N–H and O–H groups in total. The smallest absolute Gasteiger partial charge is 0.183 e. The van der Waals surface area contributed by atoms with Crippen LogP contribution in [0.1, 0.15) is 11.3 Å². The lowest BCUT2D eigenvalue weighted by molar-refractivity contribution is 0.505. The van der Waals surface area contributed by atoms with Crippen molar-refractivity contribution in [3.8, 4) is 6.07 Å². The van der Waals surface area contributed by atoms with Crippen molar-refractivity contribution in [3.05, 3.63) is 59.4 Å². The molecular formula is C14H11F2N3. The van der Waals surface area contributed by atoms with Crippen LogP contribution in [-0.4, -0.2) is 12.0 Å². The Morgan fingerprint density at radius 2 is 2.00 bits per heavy atom.